The van der Waals surface area contributed by atoms with Crippen LogP contribution in [-0.4, -0.2) is 23.7 Å². The predicted molar refractivity (Wildman–Crippen MR) is 69.4 cm³/mol. The zero-order chi connectivity index (χ0) is 12.1. The van der Waals surface area contributed by atoms with Crippen molar-refractivity contribution in [2.75, 3.05) is 6.54 Å². The number of unbranched alkanes of at least 4 members (excludes halogenated alkanes) is 7. The summed E-state index contributed by atoms with van der Waals surface area (Å²) in [6, 6.07) is 0. The molecule has 0 aliphatic heterocycles. The van der Waals surface area contributed by atoms with Gasteiger partial charge in [0.25, 0.3) is 0 Å². The summed E-state index contributed by atoms with van der Waals surface area (Å²) in [5, 5.41) is 8.42. The van der Waals surface area contributed by atoms with E-state index in [9.17, 15) is 9.59 Å². The van der Waals surface area contributed by atoms with Crippen LogP contribution in [0.4, 0.5) is 0 Å². The highest BCUT2D eigenvalue weighted by molar-refractivity contribution is 5.85. The second-order valence-corrected chi connectivity index (χ2v) is 3.95. The Morgan fingerprint density at radius 1 is 0.941 bits per heavy atom. The van der Waals surface area contributed by atoms with Gasteiger partial charge in [0.1, 0.15) is 0 Å². The fraction of sp³-hybridized carbons (Fsp3) is 0.833. The van der Waals surface area contributed by atoms with Crippen molar-refractivity contribution in [3.63, 3.8) is 0 Å². The minimum absolute atomic E-state index is 0. The largest absolute Gasteiger partial charge is 0.481 e. The van der Waals surface area contributed by atoms with Crippen molar-refractivity contribution in [1.82, 2.24) is 0 Å². The highest BCUT2D eigenvalue weighted by Crippen LogP contribution is 2.09. The summed E-state index contributed by atoms with van der Waals surface area (Å²) in [7, 11) is 0. The monoisotopic (exact) mass is 263 g/mol. The molecule has 5 heteroatoms. The van der Waals surface area contributed by atoms with Crippen LogP contribution in [0.3, 0.4) is 0 Å². The molecule has 1 N–H and O–H groups in total. The van der Waals surface area contributed by atoms with Gasteiger partial charge in [-0.15, -0.1) is 12.4 Å². The normalized spacial score (nSPS) is 9.18. The van der Waals surface area contributed by atoms with E-state index in [1.165, 1.54) is 25.3 Å². The summed E-state index contributed by atoms with van der Waals surface area (Å²) in [6.45, 7) is 0.599. The van der Waals surface area contributed by atoms with Crippen LogP contribution >= 0.6 is 12.4 Å². The number of carbonyl (C=O) groups is 1. The Hall–Kier alpha value is -0.860. The molecule has 4 nitrogen and oxygen atoms in total. The zero-order valence-electron chi connectivity index (χ0n) is 10.2. The van der Waals surface area contributed by atoms with Gasteiger partial charge in [-0.1, -0.05) is 38.5 Å². The van der Waals surface area contributed by atoms with E-state index in [0.29, 0.717) is 13.0 Å². The highest BCUT2D eigenvalue weighted by atomic mass is 35.5. The van der Waals surface area contributed by atoms with Crippen molar-refractivity contribution >= 4 is 24.5 Å². The quantitative estimate of drug-likeness (QED) is 0.353. The van der Waals surface area contributed by atoms with Crippen molar-refractivity contribution in [2.24, 2.45) is 4.99 Å². The maximum atomic E-state index is 10.2. The number of carboxylic acid groups (broad SMARTS) is 1. The maximum Gasteiger partial charge on any atom is 0.303 e. The summed E-state index contributed by atoms with van der Waals surface area (Å²) < 4.78 is 0. The lowest BCUT2D eigenvalue weighted by Gasteiger charge is -2.00. The van der Waals surface area contributed by atoms with Gasteiger partial charge in [-0.3, -0.25) is 4.79 Å². The molecule has 0 amide bonds. The van der Waals surface area contributed by atoms with Crippen molar-refractivity contribution in [2.45, 2.75) is 57.8 Å². The van der Waals surface area contributed by atoms with Gasteiger partial charge in [-0.05, 0) is 12.8 Å². The van der Waals surface area contributed by atoms with Crippen molar-refractivity contribution in [1.29, 1.82) is 0 Å². The summed E-state index contributed by atoms with van der Waals surface area (Å²) in [6.07, 6.45) is 10.4. The van der Waals surface area contributed by atoms with Crippen LogP contribution in [0.5, 0.6) is 0 Å². The highest BCUT2D eigenvalue weighted by Gasteiger charge is 1.96. The molecule has 0 fully saturated rings. The van der Waals surface area contributed by atoms with E-state index in [1.807, 2.05) is 0 Å². The number of isocyanates is 1. The standard InChI is InChI=1S/C12H21NO3.ClH/c14-11-13-10-8-6-4-2-1-3-5-7-9-12(15)16;/h1-10H2,(H,15,16);1H. The molecule has 0 unspecified atom stereocenters. The number of carbonyl (C=O) groups excluding carboxylic acids is 1. The van der Waals surface area contributed by atoms with Gasteiger partial charge in [0.05, 0.1) is 6.54 Å². The molecule has 0 saturated heterocycles. The van der Waals surface area contributed by atoms with Gasteiger partial charge in [0.15, 0.2) is 0 Å². The lowest BCUT2D eigenvalue weighted by Crippen LogP contribution is -1.93. The Bertz CT molecular complexity index is 218. The number of nitrogens with zero attached hydrogens (tertiary/aromatic N) is 1. The van der Waals surface area contributed by atoms with Gasteiger partial charge in [0.2, 0.25) is 6.08 Å². The van der Waals surface area contributed by atoms with Gasteiger partial charge in [-0.25, -0.2) is 9.79 Å². The summed E-state index contributed by atoms with van der Waals surface area (Å²) in [5.41, 5.74) is 0. The number of carboxylic acids is 1. The van der Waals surface area contributed by atoms with Crippen LogP contribution in [0.1, 0.15) is 57.8 Å². The minimum atomic E-state index is -0.698. The number of rotatable bonds is 11. The molecule has 0 bridgehead atoms. The fourth-order valence-corrected chi connectivity index (χ4v) is 1.57. The van der Waals surface area contributed by atoms with E-state index in [-0.39, 0.29) is 12.4 Å². The lowest BCUT2D eigenvalue weighted by atomic mass is 10.1. The van der Waals surface area contributed by atoms with Crippen LogP contribution < -0.4 is 0 Å². The Labute approximate surface area is 109 Å². The molecule has 0 aliphatic rings. The fourth-order valence-electron chi connectivity index (χ4n) is 1.57. The SMILES string of the molecule is Cl.O=C=NCCCCCCCCCCC(=O)O. The number of halogens is 1. The first-order chi connectivity index (χ1) is 7.77. The van der Waals surface area contributed by atoms with Crippen molar-refractivity contribution in [3.05, 3.63) is 0 Å². The molecule has 0 rings (SSSR count). The zero-order valence-corrected chi connectivity index (χ0v) is 11.0. The van der Waals surface area contributed by atoms with Crippen molar-refractivity contribution in [3.8, 4) is 0 Å². The smallest absolute Gasteiger partial charge is 0.303 e. The molecule has 0 aromatic carbocycles. The topological polar surface area (TPSA) is 66.7 Å². The van der Waals surface area contributed by atoms with Crippen molar-refractivity contribution < 1.29 is 14.7 Å². The number of hydrogen-bond donors (Lipinski definition) is 1. The summed E-state index contributed by atoms with van der Waals surface area (Å²) in [4.78, 5) is 23.5. The minimum Gasteiger partial charge on any atom is -0.481 e. The molecule has 0 radical (unpaired) electrons. The van der Waals surface area contributed by atoms with E-state index in [0.717, 1.165) is 32.1 Å². The average Bonchev–Trinajstić information content (AvgIpc) is 2.25. The first kappa shape index (κ1) is 18.5. The van der Waals surface area contributed by atoms with Crippen LogP contribution in [0.15, 0.2) is 4.99 Å². The molecule has 0 spiro atoms. The van der Waals surface area contributed by atoms with Gasteiger partial charge >= 0.3 is 5.97 Å². The molecule has 0 aliphatic carbocycles. The van der Waals surface area contributed by atoms with E-state index in [1.54, 1.807) is 0 Å². The Morgan fingerprint density at radius 3 is 1.88 bits per heavy atom. The number of aliphatic carboxylic acids is 1. The molecular weight excluding hydrogens is 242 g/mol. The van der Waals surface area contributed by atoms with Gasteiger partial charge < -0.3 is 5.11 Å². The summed E-state index contributed by atoms with van der Waals surface area (Å²) in [5.74, 6) is -0.698. The van der Waals surface area contributed by atoms with Gasteiger partial charge in [0, 0.05) is 6.42 Å². The molecule has 0 aromatic heterocycles. The second-order valence-electron chi connectivity index (χ2n) is 3.95. The Morgan fingerprint density at radius 2 is 1.41 bits per heavy atom. The Balaban J connectivity index is 0. The van der Waals surface area contributed by atoms with Gasteiger partial charge in [-0.2, -0.15) is 0 Å². The molecule has 17 heavy (non-hydrogen) atoms. The molecular formula is C12H22ClNO3. The molecule has 0 heterocycles. The number of aliphatic imine (C=N–C) groups is 1. The summed E-state index contributed by atoms with van der Waals surface area (Å²) >= 11 is 0. The molecule has 0 saturated carbocycles. The predicted octanol–water partition coefficient (Wildman–Crippen LogP) is 3.34. The first-order valence-corrected chi connectivity index (χ1v) is 6.03. The van der Waals surface area contributed by atoms with Crippen LogP contribution in [0.2, 0.25) is 0 Å². The third-order valence-corrected chi connectivity index (χ3v) is 2.48. The third kappa shape index (κ3) is 17.7. The van der Waals surface area contributed by atoms with Crippen LogP contribution in [-0.2, 0) is 9.59 Å². The third-order valence-electron chi connectivity index (χ3n) is 2.48. The average molecular weight is 264 g/mol. The molecule has 0 aromatic rings. The van der Waals surface area contributed by atoms with Crippen LogP contribution in [0, 0.1) is 0 Å². The van der Waals surface area contributed by atoms with Crippen LogP contribution in [0.25, 0.3) is 0 Å². The maximum absolute atomic E-state index is 10.2. The van der Waals surface area contributed by atoms with E-state index >= 15 is 0 Å². The van der Waals surface area contributed by atoms with E-state index in [2.05, 4.69) is 4.99 Å². The lowest BCUT2D eigenvalue weighted by molar-refractivity contribution is -0.137. The Kier molecular flexibility index (Phi) is 16.5. The molecule has 0 atom stereocenters. The first-order valence-electron chi connectivity index (χ1n) is 6.03. The molecule has 100 valence electrons. The second kappa shape index (κ2) is 15.1. The van der Waals surface area contributed by atoms with E-state index < -0.39 is 5.97 Å². The number of hydrogen-bond acceptors (Lipinski definition) is 3. The van der Waals surface area contributed by atoms with E-state index in [4.69, 9.17) is 5.11 Å².